The van der Waals surface area contributed by atoms with Crippen molar-refractivity contribution < 1.29 is 4.79 Å². The molecule has 1 aromatic heterocycles. The first kappa shape index (κ1) is 24.4. The SMILES string of the molecule is CCCCCCC(C(=O)Nc1c(SC)cc(C)nc1SC)c1ccc(Cl)c(Cl)c1. The Morgan fingerprint density at radius 3 is 2.48 bits per heavy atom. The molecule has 3 nitrogen and oxygen atoms in total. The quantitative estimate of drug-likeness (QED) is 0.283. The van der Waals surface area contributed by atoms with Crippen molar-refractivity contribution in [1.29, 1.82) is 0 Å². The summed E-state index contributed by atoms with van der Waals surface area (Å²) in [6, 6.07) is 7.48. The first-order valence-electron chi connectivity index (χ1n) is 9.76. The molecule has 0 aliphatic carbocycles. The third kappa shape index (κ3) is 6.81. The van der Waals surface area contributed by atoms with Crippen LogP contribution in [0.15, 0.2) is 34.2 Å². The van der Waals surface area contributed by atoms with Crippen LogP contribution in [0.2, 0.25) is 10.0 Å². The van der Waals surface area contributed by atoms with Gasteiger partial charge in [0.05, 0.1) is 21.7 Å². The lowest BCUT2D eigenvalue weighted by Gasteiger charge is -2.20. The summed E-state index contributed by atoms with van der Waals surface area (Å²) in [6.07, 6.45) is 9.19. The Morgan fingerprint density at radius 2 is 1.86 bits per heavy atom. The average molecular weight is 472 g/mol. The van der Waals surface area contributed by atoms with Crippen molar-refractivity contribution >= 4 is 58.3 Å². The number of halogens is 2. The summed E-state index contributed by atoms with van der Waals surface area (Å²) in [5.41, 5.74) is 2.63. The molecule has 1 amide bonds. The third-order valence-corrected chi connectivity index (χ3v) is 6.93. The standard InChI is InChI=1S/C22H28Cl2N2OS2/c1-5-6-7-8-9-16(15-10-11-17(23)18(24)13-15)21(27)26-20-19(28-3)12-14(2)25-22(20)29-4/h10-13,16H,5-9H2,1-4H3,(H,26,27). The maximum atomic E-state index is 13.4. The van der Waals surface area contributed by atoms with Gasteiger partial charge in [-0.05, 0) is 49.6 Å². The molecular formula is C22H28Cl2N2OS2. The molecule has 1 heterocycles. The average Bonchev–Trinajstić information content (AvgIpc) is 2.71. The lowest BCUT2D eigenvalue weighted by Crippen LogP contribution is -2.22. The minimum Gasteiger partial charge on any atom is -0.322 e. The number of carbonyl (C=O) groups excluding carboxylic acids is 1. The van der Waals surface area contributed by atoms with Gasteiger partial charge in [-0.1, -0.05) is 61.9 Å². The first-order valence-corrected chi connectivity index (χ1v) is 13.0. The minimum absolute atomic E-state index is 0.0314. The maximum absolute atomic E-state index is 13.4. The van der Waals surface area contributed by atoms with Crippen molar-refractivity contribution in [3.63, 3.8) is 0 Å². The summed E-state index contributed by atoms with van der Waals surface area (Å²) < 4.78 is 0. The number of thioether (sulfide) groups is 2. The molecule has 1 unspecified atom stereocenters. The van der Waals surface area contributed by atoms with E-state index in [0.717, 1.165) is 52.5 Å². The second-order valence-corrected chi connectivity index (χ2v) is 9.37. The normalized spacial score (nSPS) is 12.1. The first-order chi connectivity index (χ1) is 13.9. The van der Waals surface area contributed by atoms with Gasteiger partial charge < -0.3 is 5.32 Å². The number of hydrogen-bond donors (Lipinski definition) is 1. The van der Waals surface area contributed by atoms with Crippen LogP contribution in [0.5, 0.6) is 0 Å². The molecule has 0 bridgehead atoms. The Bertz CT molecular complexity index is 821. The number of unbranched alkanes of at least 4 members (excludes halogenated alkanes) is 3. The number of pyridine rings is 1. The second-order valence-electron chi connectivity index (χ2n) is 6.91. The number of carbonyl (C=O) groups is 1. The van der Waals surface area contributed by atoms with Gasteiger partial charge >= 0.3 is 0 Å². The highest BCUT2D eigenvalue weighted by atomic mass is 35.5. The van der Waals surface area contributed by atoms with Crippen LogP contribution in [-0.2, 0) is 4.79 Å². The molecule has 29 heavy (non-hydrogen) atoms. The minimum atomic E-state index is -0.285. The van der Waals surface area contributed by atoms with Crippen LogP contribution in [0.4, 0.5) is 5.69 Å². The highest BCUT2D eigenvalue weighted by Gasteiger charge is 2.23. The van der Waals surface area contributed by atoms with E-state index < -0.39 is 0 Å². The topological polar surface area (TPSA) is 42.0 Å². The zero-order chi connectivity index (χ0) is 21.4. The smallest absolute Gasteiger partial charge is 0.232 e. The molecule has 0 radical (unpaired) electrons. The number of nitrogens with zero attached hydrogens (tertiary/aromatic N) is 1. The predicted octanol–water partition coefficient (Wildman–Crippen LogP) is 7.83. The Kier molecular flexibility index (Phi) is 10.2. The second kappa shape index (κ2) is 12.1. The lowest BCUT2D eigenvalue weighted by atomic mass is 9.92. The number of hydrogen-bond acceptors (Lipinski definition) is 4. The van der Waals surface area contributed by atoms with Gasteiger partial charge in [0.1, 0.15) is 5.03 Å². The molecule has 0 spiro atoms. The summed E-state index contributed by atoms with van der Waals surface area (Å²) in [5, 5.41) is 4.97. The largest absolute Gasteiger partial charge is 0.322 e. The van der Waals surface area contributed by atoms with Crippen LogP contribution in [0.25, 0.3) is 0 Å². The fourth-order valence-corrected chi connectivity index (χ4v) is 4.81. The van der Waals surface area contributed by atoms with E-state index in [1.54, 1.807) is 17.8 Å². The number of rotatable bonds is 10. The van der Waals surface area contributed by atoms with Crippen molar-refractivity contribution in [3.05, 3.63) is 45.6 Å². The summed E-state index contributed by atoms with van der Waals surface area (Å²) in [5.74, 6) is -0.316. The van der Waals surface area contributed by atoms with Crippen molar-refractivity contribution in [2.75, 3.05) is 17.8 Å². The van der Waals surface area contributed by atoms with Crippen LogP contribution >= 0.6 is 46.7 Å². The van der Waals surface area contributed by atoms with Crippen LogP contribution in [0.1, 0.15) is 56.2 Å². The maximum Gasteiger partial charge on any atom is 0.232 e. The Labute approximate surface area is 192 Å². The molecule has 1 aromatic carbocycles. The molecule has 158 valence electrons. The molecule has 0 fully saturated rings. The van der Waals surface area contributed by atoms with Gasteiger partial charge in [0.2, 0.25) is 5.91 Å². The molecule has 0 aliphatic rings. The van der Waals surface area contributed by atoms with E-state index in [4.69, 9.17) is 23.2 Å². The molecule has 2 rings (SSSR count). The molecule has 0 aliphatic heterocycles. The molecular weight excluding hydrogens is 443 g/mol. The van der Waals surface area contributed by atoms with E-state index in [0.29, 0.717) is 10.0 Å². The van der Waals surface area contributed by atoms with Gasteiger partial charge in [0.25, 0.3) is 0 Å². The molecule has 0 saturated heterocycles. The third-order valence-electron chi connectivity index (χ3n) is 4.75. The van der Waals surface area contributed by atoms with E-state index in [2.05, 4.69) is 17.2 Å². The summed E-state index contributed by atoms with van der Waals surface area (Å²) >= 11 is 15.5. The highest BCUT2D eigenvalue weighted by Crippen LogP contribution is 2.36. The van der Waals surface area contributed by atoms with E-state index >= 15 is 0 Å². The van der Waals surface area contributed by atoms with Crippen LogP contribution in [-0.4, -0.2) is 23.4 Å². The van der Waals surface area contributed by atoms with Crippen molar-refractivity contribution in [2.24, 2.45) is 0 Å². The van der Waals surface area contributed by atoms with Crippen molar-refractivity contribution in [2.45, 2.75) is 61.8 Å². The Hall–Kier alpha value is -0.880. The van der Waals surface area contributed by atoms with Crippen LogP contribution in [0, 0.1) is 6.92 Å². The van der Waals surface area contributed by atoms with Gasteiger partial charge in [0.15, 0.2) is 0 Å². The Balaban J connectivity index is 2.33. The summed E-state index contributed by atoms with van der Waals surface area (Å²) in [6.45, 7) is 4.15. The molecule has 7 heteroatoms. The Morgan fingerprint density at radius 1 is 1.10 bits per heavy atom. The number of nitrogens with one attached hydrogen (secondary N) is 1. The molecule has 2 aromatic rings. The van der Waals surface area contributed by atoms with Gasteiger partial charge in [-0.2, -0.15) is 0 Å². The molecule has 0 saturated carbocycles. The summed E-state index contributed by atoms with van der Waals surface area (Å²) in [7, 11) is 0. The molecule has 1 atom stereocenters. The van der Waals surface area contributed by atoms with E-state index in [1.807, 2.05) is 37.6 Å². The zero-order valence-corrected chi connectivity index (χ0v) is 20.5. The number of benzene rings is 1. The monoisotopic (exact) mass is 470 g/mol. The highest BCUT2D eigenvalue weighted by molar-refractivity contribution is 7.99. The van der Waals surface area contributed by atoms with Gasteiger partial charge in [-0.15, -0.1) is 23.5 Å². The van der Waals surface area contributed by atoms with Crippen molar-refractivity contribution in [3.8, 4) is 0 Å². The van der Waals surface area contributed by atoms with Gasteiger partial charge in [-0.3, -0.25) is 4.79 Å². The van der Waals surface area contributed by atoms with Gasteiger partial charge in [-0.25, -0.2) is 4.98 Å². The molecule has 1 N–H and O–H groups in total. The van der Waals surface area contributed by atoms with E-state index in [1.165, 1.54) is 18.2 Å². The fraction of sp³-hybridized carbons (Fsp3) is 0.455. The fourth-order valence-electron chi connectivity index (χ4n) is 3.20. The summed E-state index contributed by atoms with van der Waals surface area (Å²) in [4.78, 5) is 19.0. The number of aryl methyl sites for hydroxylation is 1. The number of amides is 1. The van der Waals surface area contributed by atoms with Crippen molar-refractivity contribution in [1.82, 2.24) is 4.98 Å². The zero-order valence-electron chi connectivity index (χ0n) is 17.4. The predicted molar refractivity (Wildman–Crippen MR) is 129 cm³/mol. The van der Waals surface area contributed by atoms with E-state index in [9.17, 15) is 4.79 Å². The lowest BCUT2D eigenvalue weighted by molar-refractivity contribution is -0.117. The van der Waals surface area contributed by atoms with E-state index in [-0.39, 0.29) is 11.8 Å². The van der Waals surface area contributed by atoms with Crippen LogP contribution in [0.3, 0.4) is 0 Å². The van der Waals surface area contributed by atoms with Gasteiger partial charge in [0, 0.05) is 10.6 Å². The number of aromatic nitrogens is 1. The van der Waals surface area contributed by atoms with Crippen LogP contribution < -0.4 is 5.32 Å². The number of anilines is 1.